The SMILES string of the molecule is O=S(=O)(CCC(F)(F)C(F)F)N1CCCCC1. The van der Waals surface area contributed by atoms with Crippen LogP contribution >= 0.6 is 0 Å². The Kier molecular flexibility index (Phi) is 4.77. The molecule has 0 aromatic rings. The molecule has 102 valence electrons. The molecule has 1 rings (SSSR count). The summed E-state index contributed by atoms with van der Waals surface area (Å²) in [5, 5.41) is 0. The molecule has 0 aliphatic carbocycles. The van der Waals surface area contributed by atoms with Gasteiger partial charge >= 0.3 is 12.3 Å². The van der Waals surface area contributed by atoms with Gasteiger partial charge in [-0.25, -0.2) is 30.3 Å². The number of alkyl halides is 4. The quantitative estimate of drug-likeness (QED) is 0.722. The first-order chi connectivity index (χ1) is 7.76. The lowest BCUT2D eigenvalue weighted by molar-refractivity contribution is -0.129. The monoisotopic (exact) mass is 277 g/mol. The number of piperidine rings is 1. The van der Waals surface area contributed by atoms with E-state index in [1.807, 2.05) is 0 Å². The van der Waals surface area contributed by atoms with Crippen LogP contribution in [0.2, 0.25) is 0 Å². The molecule has 1 aliphatic rings. The second-order valence-corrected chi connectivity index (χ2v) is 6.18. The largest absolute Gasteiger partial charge is 0.308 e. The van der Waals surface area contributed by atoms with Crippen molar-refractivity contribution in [3.05, 3.63) is 0 Å². The molecule has 1 aliphatic heterocycles. The van der Waals surface area contributed by atoms with Gasteiger partial charge in [0.05, 0.1) is 5.75 Å². The molecular weight excluding hydrogens is 262 g/mol. The van der Waals surface area contributed by atoms with Crippen LogP contribution in [0, 0.1) is 0 Å². The molecule has 0 bridgehead atoms. The lowest BCUT2D eigenvalue weighted by atomic mass is 10.2. The third-order valence-electron chi connectivity index (χ3n) is 2.72. The summed E-state index contributed by atoms with van der Waals surface area (Å²) in [6, 6.07) is 0. The van der Waals surface area contributed by atoms with E-state index in [-0.39, 0.29) is 0 Å². The molecule has 1 heterocycles. The summed E-state index contributed by atoms with van der Waals surface area (Å²) in [4.78, 5) is 0. The van der Waals surface area contributed by atoms with Crippen LogP contribution in [-0.2, 0) is 10.0 Å². The standard InChI is InChI=1S/C9H15F4NO2S/c10-8(11)9(12,13)4-7-17(15,16)14-5-2-1-3-6-14/h8H,1-7H2. The van der Waals surface area contributed by atoms with E-state index in [0.29, 0.717) is 25.9 Å². The molecule has 0 atom stereocenters. The van der Waals surface area contributed by atoms with Crippen LogP contribution in [0.5, 0.6) is 0 Å². The van der Waals surface area contributed by atoms with Gasteiger partial charge in [-0.05, 0) is 12.8 Å². The van der Waals surface area contributed by atoms with E-state index in [1.54, 1.807) is 0 Å². The second kappa shape index (κ2) is 5.51. The molecule has 8 heteroatoms. The van der Waals surface area contributed by atoms with Gasteiger partial charge in [0.25, 0.3) is 0 Å². The van der Waals surface area contributed by atoms with Crippen molar-refractivity contribution in [2.45, 2.75) is 38.0 Å². The molecule has 0 radical (unpaired) electrons. The number of hydrogen-bond donors (Lipinski definition) is 0. The van der Waals surface area contributed by atoms with Gasteiger partial charge < -0.3 is 0 Å². The average Bonchev–Trinajstić information content (AvgIpc) is 2.28. The summed E-state index contributed by atoms with van der Waals surface area (Å²) < 4.78 is 73.3. The Morgan fingerprint density at radius 2 is 1.65 bits per heavy atom. The van der Waals surface area contributed by atoms with E-state index in [2.05, 4.69) is 0 Å². The first-order valence-electron chi connectivity index (χ1n) is 5.39. The Balaban J connectivity index is 2.55. The number of nitrogens with zero attached hydrogens (tertiary/aromatic N) is 1. The fourth-order valence-electron chi connectivity index (χ4n) is 1.65. The third kappa shape index (κ3) is 4.09. The fraction of sp³-hybridized carbons (Fsp3) is 1.00. The maximum atomic E-state index is 12.6. The fourth-order valence-corrected chi connectivity index (χ4v) is 3.25. The maximum absolute atomic E-state index is 12.6. The highest BCUT2D eigenvalue weighted by molar-refractivity contribution is 7.89. The highest BCUT2D eigenvalue weighted by atomic mass is 32.2. The smallest absolute Gasteiger partial charge is 0.212 e. The van der Waals surface area contributed by atoms with Crippen LogP contribution in [-0.4, -0.2) is 43.9 Å². The molecule has 3 nitrogen and oxygen atoms in total. The molecule has 0 amide bonds. The van der Waals surface area contributed by atoms with Gasteiger partial charge in [-0.1, -0.05) is 6.42 Å². The zero-order valence-electron chi connectivity index (χ0n) is 9.21. The minimum Gasteiger partial charge on any atom is -0.212 e. The minimum atomic E-state index is -4.23. The molecule has 0 spiro atoms. The molecule has 0 aromatic carbocycles. The summed E-state index contributed by atoms with van der Waals surface area (Å²) in [7, 11) is -3.83. The van der Waals surface area contributed by atoms with Gasteiger partial charge in [0.2, 0.25) is 10.0 Å². The van der Waals surface area contributed by atoms with Gasteiger partial charge in [-0.15, -0.1) is 0 Å². The second-order valence-electron chi connectivity index (χ2n) is 4.09. The summed E-state index contributed by atoms with van der Waals surface area (Å²) in [6.07, 6.45) is -2.88. The molecule has 0 aromatic heterocycles. The van der Waals surface area contributed by atoms with E-state index in [4.69, 9.17) is 0 Å². The van der Waals surface area contributed by atoms with E-state index in [9.17, 15) is 26.0 Å². The average molecular weight is 277 g/mol. The van der Waals surface area contributed by atoms with Gasteiger partial charge in [0.1, 0.15) is 0 Å². The Hall–Kier alpha value is -0.370. The highest BCUT2D eigenvalue weighted by Gasteiger charge is 2.42. The zero-order valence-corrected chi connectivity index (χ0v) is 10.0. The molecule has 1 saturated heterocycles. The van der Waals surface area contributed by atoms with E-state index in [0.717, 1.165) is 10.7 Å². The topological polar surface area (TPSA) is 37.4 Å². The summed E-state index contributed by atoms with van der Waals surface area (Å²) >= 11 is 0. The number of rotatable bonds is 5. The van der Waals surface area contributed by atoms with Crippen molar-refractivity contribution in [1.29, 1.82) is 0 Å². The predicted octanol–water partition coefficient (Wildman–Crippen LogP) is 2.09. The Labute approximate surface area is 97.8 Å². The zero-order chi connectivity index (χ0) is 13.1. The van der Waals surface area contributed by atoms with Crippen molar-refractivity contribution < 1.29 is 26.0 Å². The van der Waals surface area contributed by atoms with Crippen molar-refractivity contribution in [2.75, 3.05) is 18.8 Å². The van der Waals surface area contributed by atoms with Gasteiger partial charge in [-0.3, -0.25) is 0 Å². The van der Waals surface area contributed by atoms with Crippen molar-refractivity contribution in [2.24, 2.45) is 0 Å². The Morgan fingerprint density at radius 1 is 1.12 bits per heavy atom. The van der Waals surface area contributed by atoms with E-state index >= 15 is 0 Å². The van der Waals surface area contributed by atoms with Crippen LogP contribution in [0.25, 0.3) is 0 Å². The molecule has 0 N–H and O–H groups in total. The van der Waals surface area contributed by atoms with E-state index in [1.165, 1.54) is 0 Å². The molecular formula is C9H15F4NO2S. The van der Waals surface area contributed by atoms with Crippen LogP contribution < -0.4 is 0 Å². The van der Waals surface area contributed by atoms with Crippen LogP contribution in [0.3, 0.4) is 0 Å². The predicted molar refractivity (Wildman–Crippen MR) is 54.8 cm³/mol. The van der Waals surface area contributed by atoms with Crippen LogP contribution in [0.15, 0.2) is 0 Å². The van der Waals surface area contributed by atoms with Crippen molar-refractivity contribution >= 4 is 10.0 Å². The molecule has 17 heavy (non-hydrogen) atoms. The first-order valence-corrected chi connectivity index (χ1v) is 7.00. The number of halogens is 4. The van der Waals surface area contributed by atoms with Crippen molar-refractivity contribution in [1.82, 2.24) is 4.31 Å². The summed E-state index contributed by atoms with van der Waals surface area (Å²) in [5.74, 6) is -5.16. The number of hydrogen-bond acceptors (Lipinski definition) is 2. The summed E-state index contributed by atoms with van der Waals surface area (Å²) in [5.41, 5.74) is 0. The van der Waals surface area contributed by atoms with Gasteiger partial charge in [0, 0.05) is 19.5 Å². The lowest BCUT2D eigenvalue weighted by Crippen LogP contribution is -2.39. The molecule has 0 unspecified atom stereocenters. The third-order valence-corrected chi connectivity index (χ3v) is 4.59. The lowest BCUT2D eigenvalue weighted by Gasteiger charge is -2.26. The van der Waals surface area contributed by atoms with Gasteiger partial charge in [0.15, 0.2) is 0 Å². The Bertz CT molecular complexity index is 339. The van der Waals surface area contributed by atoms with Gasteiger partial charge in [-0.2, -0.15) is 0 Å². The van der Waals surface area contributed by atoms with Crippen LogP contribution in [0.4, 0.5) is 17.6 Å². The highest BCUT2D eigenvalue weighted by Crippen LogP contribution is 2.28. The van der Waals surface area contributed by atoms with Crippen LogP contribution in [0.1, 0.15) is 25.7 Å². The molecule has 0 saturated carbocycles. The normalized spacial score (nSPS) is 19.8. The van der Waals surface area contributed by atoms with Crippen molar-refractivity contribution in [3.8, 4) is 0 Å². The minimum absolute atomic E-state index is 0.294. The number of sulfonamides is 1. The summed E-state index contributed by atoms with van der Waals surface area (Å²) in [6.45, 7) is 0.588. The Morgan fingerprint density at radius 3 is 2.12 bits per heavy atom. The van der Waals surface area contributed by atoms with Crippen molar-refractivity contribution in [3.63, 3.8) is 0 Å². The molecule has 1 fully saturated rings. The van der Waals surface area contributed by atoms with E-state index < -0.39 is 34.5 Å². The maximum Gasteiger partial charge on any atom is 0.308 e. The first kappa shape index (κ1) is 14.7.